The van der Waals surface area contributed by atoms with Crippen molar-refractivity contribution in [3.05, 3.63) is 206 Å². The van der Waals surface area contributed by atoms with E-state index in [1.165, 1.54) is 87.6 Å². The van der Waals surface area contributed by atoms with Crippen LogP contribution in [0.3, 0.4) is 0 Å². The van der Waals surface area contributed by atoms with E-state index in [1.54, 1.807) is 0 Å². The normalized spacial score (nSPS) is 12.1. The Balaban J connectivity index is 1.15. The number of anilines is 3. The molecule has 1 aromatic heterocycles. The lowest BCUT2D eigenvalue weighted by atomic mass is 9.87. The van der Waals surface area contributed by atoms with Gasteiger partial charge in [0.2, 0.25) is 0 Å². The lowest BCUT2D eigenvalue weighted by Gasteiger charge is -2.30. The van der Waals surface area contributed by atoms with Crippen LogP contribution in [0.25, 0.3) is 82.1 Å². The smallest absolute Gasteiger partial charge is 0.0541 e. The molecule has 276 valence electrons. The molecule has 0 aliphatic carbocycles. The predicted octanol–water partition coefficient (Wildman–Crippen LogP) is 15.8. The Morgan fingerprint density at radius 2 is 0.914 bits per heavy atom. The first-order valence-electron chi connectivity index (χ1n) is 20.3. The molecular formula is C56H42N2. The van der Waals surface area contributed by atoms with Crippen LogP contribution in [0.5, 0.6) is 0 Å². The summed E-state index contributed by atoms with van der Waals surface area (Å²) in [6.45, 7) is 6.84. The van der Waals surface area contributed by atoms with Crippen molar-refractivity contribution in [3.8, 4) is 27.9 Å². The van der Waals surface area contributed by atoms with Gasteiger partial charge in [0.1, 0.15) is 0 Å². The Morgan fingerprint density at radius 3 is 1.60 bits per heavy atom. The third kappa shape index (κ3) is 5.40. The molecule has 0 spiro atoms. The van der Waals surface area contributed by atoms with Crippen molar-refractivity contribution in [3.63, 3.8) is 0 Å². The molecule has 2 heteroatoms. The fourth-order valence-corrected chi connectivity index (χ4v) is 9.25. The summed E-state index contributed by atoms with van der Waals surface area (Å²) < 4.78 is 2.46. The van der Waals surface area contributed by atoms with E-state index in [-0.39, 0.29) is 5.41 Å². The number of benzene rings is 10. The number of hydrogen-bond acceptors (Lipinski definition) is 1. The van der Waals surface area contributed by atoms with Gasteiger partial charge < -0.3 is 9.47 Å². The van der Waals surface area contributed by atoms with E-state index in [4.69, 9.17) is 0 Å². The highest BCUT2D eigenvalue weighted by atomic mass is 15.1. The molecule has 58 heavy (non-hydrogen) atoms. The average Bonchev–Trinajstić information content (AvgIpc) is 3.60. The average molecular weight is 743 g/mol. The maximum absolute atomic E-state index is 2.48. The molecular weight excluding hydrogens is 701 g/mol. The molecule has 0 saturated carbocycles. The Hall–Kier alpha value is -7.16. The zero-order valence-electron chi connectivity index (χ0n) is 32.9. The van der Waals surface area contributed by atoms with Crippen LogP contribution in [-0.4, -0.2) is 4.57 Å². The topological polar surface area (TPSA) is 8.17 Å². The van der Waals surface area contributed by atoms with E-state index in [0.29, 0.717) is 0 Å². The first-order valence-corrected chi connectivity index (χ1v) is 20.3. The van der Waals surface area contributed by atoms with Gasteiger partial charge in [0.05, 0.1) is 28.1 Å². The summed E-state index contributed by atoms with van der Waals surface area (Å²) in [5.41, 5.74) is 13.2. The molecule has 0 amide bonds. The largest absolute Gasteiger partial charge is 0.309 e. The molecule has 0 fully saturated rings. The van der Waals surface area contributed by atoms with Crippen molar-refractivity contribution >= 4 is 71.2 Å². The Kier molecular flexibility index (Phi) is 7.78. The zero-order chi connectivity index (χ0) is 39.0. The summed E-state index contributed by atoms with van der Waals surface area (Å²) >= 11 is 0. The molecule has 11 aromatic rings. The maximum atomic E-state index is 2.48. The van der Waals surface area contributed by atoms with Gasteiger partial charge in [-0.1, -0.05) is 178 Å². The van der Waals surface area contributed by atoms with Gasteiger partial charge >= 0.3 is 0 Å². The van der Waals surface area contributed by atoms with Crippen molar-refractivity contribution in [2.75, 3.05) is 4.90 Å². The second kappa shape index (κ2) is 13.2. The molecule has 10 aromatic carbocycles. The van der Waals surface area contributed by atoms with Gasteiger partial charge in [-0.25, -0.2) is 0 Å². The highest BCUT2D eigenvalue weighted by molar-refractivity contribution is 6.27. The minimum absolute atomic E-state index is 0.0445. The van der Waals surface area contributed by atoms with Crippen molar-refractivity contribution in [1.29, 1.82) is 0 Å². The van der Waals surface area contributed by atoms with E-state index < -0.39 is 0 Å². The second-order valence-corrected chi connectivity index (χ2v) is 16.6. The molecule has 0 atom stereocenters. The molecule has 0 aliphatic rings. The summed E-state index contributed by atoms with van der Waals surface area (Å²) in [7, 11) is 0. The maximum Gasteiger partial charge on any atom is 0.0541 e. The van der Waals surface area contributed by atoms with Gasteiger partial charge in [0.25, 0.3) is 0 Å². The van der Waals surface area contributed by atoms with Crippen LogP contribution in [-0.2, 0) is 5.41 Å². The van der Waals surface area contributed by atoms with Gasteiger partial charge in [-0.15, -0.1) is 0 Å². The van der Waals surface area contributed by atoms with E-state index >= 15 is 0 Å². The quantitative estimate of drug-likeness (QED) is 0.154. The monoisotopic (exact) mass is 742 g/mol. The molecule has 0 radical (unpaired) electrons. The number of fused-ring (bicyclic) bond motifs is 3. The fraction of sp³-hybridized carbons (Fsp3) is 0.0714. The van der Waals surface area contributed by atoms with Gasteiger partial charge in [-0.05, 0) is 91.7 Å². The number of hydrogen-bond donors (Lipinski definition) is 0. The first kappa shape index (κ1) is 34.1. The van der Waals surface area contributed by atoms with Crippen LogP contribution in [0, 0.1) is 0 Å². The minimum Gasteiger partial charge on any atom is -0.309 e. The molecule has 1 heterocycles. The third-order valence-corrected chi connectivity index (χ3v) is 12.1. The van der Waals surface area contributed by atoms with Gasteiger partial charge in [0, 0.05) is 32.8 Å². The van der Waals surface area contributed by atoms with E-state index in [1.807, 2.05) is 0 Å². The number of aromatic nitrogens is 1. The lowest BCUT2D eigenvalue weighted by Crippen LogP contribution is -2.14. The highest BCUT2D eigenvalue weighted by Crippen LogP contribution is 2.48. The van der Waals surface area contributed by atoms with Crippen molar-refractivity contribution in [2.24, 2.45) is 0 Å². The number of rotatable bonds is 6. The highest BCUT2D eigenvalue weighted by Gasteiger charge is 2.23. The van der Waals surface area contributed by atoms with Crippen LogP contribution >= 0.6 is 0 Å². The van der Waals surface area contributed by atoms with Crippen molar-refractivity contribution in [2.45, 2.75) is 26.2 Å². The van der Waals surface area contributed by atoms with Crippen molar-refractivity contribution < 1.29 is 0 Å². The first-order chi connectivity index (χ1) is 28.4. The van der Waals surface area contributed by atoms with Gasteiger partial charge in [0.15, 0.2) is 0 Å². The SMILES string of the molecule is CC(C)(C)c1ccc(N(c2ccccc2-c2ccc(-c3ccccc3)cc2)c2ccc3ccc4c(-n5c6ccccc6c6ccccc65)ccc5ccc2c3c54)cc1. The van der Waals surface area contributed by atoms with Crippen LogP contribution in [0.15, 0.2) is 200 Å². The molecule has 0 aliphatic heterocycles. The number of para-hydroxylation sites is 3. The second-order valence-electron chi connectivity index (χ2n) is 16.6. The number of nitrogens with zero attached hydrogens (tertiary/aromatic N) is 2. The van der Waals surface area contributed by atoms with Crippen LogP contribution in [0.1, 0.15) is 26.3 Å². The molecule has 11 rings (SSSR count). The van der Waals surface area contributed by atoms with E-state index in [2.05, 4.69) is 230 Å². The summed E-state index contributed by atoms with van der Waals surface area (Å²) in [5, 5.41) is 10.1. The Morgan fingerprint density at radius 1 is 0.379 bits per heavy atom. The lowest BCUT2D eigenvalue weighted by molar-refractivity contribution is 0.590. The molecule has 2 nitrogen and oxygen atoms in total. The van der Waals surface area contributed by atoms with E-state index in [9.17, 15) is 0 Å². The predicted molar refractivity (Wildman–Crippen MR) is 249 cm³/mol. The van der Waals surface area contributed by atoms with Crippen LogP contribution < -0.4 is 4.90 Å². The molecule has 0 bridgehead atoms. The third-order valence-electron chi connectivity index (χ3n) is 12.1. The van der Waals surface area contributed by atoms with E-state index in [0.717, 1.165) is 17.1 Å². The summed E-state index contributed by atoms with van der Waals surface area (Å²) in [6, 6.07) is 73.8. The molecule has 0 unspecified atom stereocenters. The van der Waals surface area contributed by atoms with Crippen LogP contribution in [0.4, 0.5) is 17.1 Å². The molecule has 0 N–H and O–H groups in total. The Labute approximate surface area is 339 Å². The van der Waals surface area contributed by atoms with Gasteiger partial charge in [-0.2, -0.15) is 0 Å². The zero-order valence-corrected chi connectivity index (χ0v) is 32.9. The summed E-state index contributed by atoms with van der Waals surface area (Å²) in [6.07, 6.45) is 0. The summed E-state index contributed by atoms with van der Waals surface area (Å²) in [4.78, 5) is 2.48. The van der Waals surface area contributed by atoms with Crippen LogP contribution in [0.2, 0.25) is 0 Å². The fourth-order valence-electron chi connectivity index (χ4n) is 9.25. The van der Waals surface area contributed by atoms with Crippen molar-refractivity contribution in [1.82, 2.24) is 4.57 Å². The summed E-state index contributed by atoms with van der Waals surface area (Å²) in [5.74, 6) is 0. The molecule has 0 saturated heterocycles. The van der Waals surface area contributed by atoms with Gasteiger partial charge in [-0.3, -0.25) is 0 Å². The Bertz CT molecular complexity index is 3240. The minimum atomic E-state index is 0.0445. The standard InChI is InChI=1S/C56H42N2/c1-56(2,3)42-29-31-43(32-30-42)57(49-18-10-7-15-44(49)39-23-21-38(22-24-39)37-13-5-4-6-14-37)52-35-27-40-26-34-48-53(36-28-41-25-33-47(52)54(40)55(41)48)58-50-19-11-8-16-45(50)46-17-9-12-20-51(46)58/h4-36H,1-3H3.